The first-order valence-electron chi connectivity index (χ1n) is 8.48. The monoisotopic (exact) mass is 360 g/mol. The maximum Gasteiger partial charge on any atom is 0.328 e. The Morgan fingerprint density at radius 1 is 1.15 bits per heavy atom. The van der Waals surface area contributed by atoms with Gasteiger partial charge in [-0.05, 0) is 30.7 Å². The van der Waals surface area contributed by atoms with Crippen molar-refractivity contribution in [3.8, 4) is 0 Å². The topological polar surface area (TPSA) is 78.7 Å². The number of nitrogens with zero attached hydrogens (tertiary/aromatic N) is 4. The molecule has 1 atom stereocenters. The third-order valence-electron chi connectivity index (χ3n) is 4.56. The Hall–Kier alpha value is -2.74. The van der Waals surface area contributed by atoms with Crippen LogP contribution in [0.2, 0.25) is 0 Å². The molecule has 0 radical (unpaired) electrons. The number of carboxylic acid groups (broad SMARTS) is 1. The lowest BCUT2D eigenvalue weighted by molar-refractivity contribution is -0.140. The molecule has 0 spiro atoms. The van der Waals surface area contributed by atoms with Gasteiger partial charge in [0.1, 0.15) is 17.6 Å². The van der Waals surface area contributed by atoms with Crippen LogP contribution in [0, 0.1) is 5.82 Å². The maximum atomic E-state index is 13.0. The van der Waals surface area contributed by atoms with E-state index >= 15 is 0 Å². The normalized spacial score (nSPS) is 16.5. The largest absolute Gasteiger partial charge is 0.480 e. The van der Waals surface area contributed by atoms with Crippen LogP contribution in [-0.2, 0) is 11.3 Å². The highest BCUT2D eigenvalue weighted by atomic mass is 19.1. The van der Waals surface area contributed by atoms with Crippen molar-refractivity contribution in [2.45, 2.75) is 19.5 Å². The molecule has 7 nitrogen and oxygen atoms in total. The molecule has 1 fully saturated rings. The van der Waals surface area contributed by atoms with Gasteiger partial charge in [-0.1, -0.05) is 12.1 Å². The van der Waals surface area contributed by atoms with Gasteiger partial charge in [0.25, 0.3) is 5.91 Å². The molecule has 2 heterocycles. The molecule has 8 heteroatoms. The van der Waals surface area contributed by atoms with Gasteiger partial charge in [-0.3, -0.25) is 14.4 Å². The summed E-state index contributed by atoms with van der Waals surface area (Å²) in [6.07, 6.45) is 1.51. The van der Waals surface area contributed by atoms with E-state index in [1.807, 2.05) is 0 Å². The number of hydrogen-bond donors (Lipinski definition) is 1. The summed E-state index contributed by atoms with van der Waals surface area (Å²) < 4.78 is 14.2. The summed E-state index contributed by atoms with van der Waals surface area (Å²) in [7, 11) is 0. The first kappa shape index (κ1) is 18.1. The second kappa shape index (κ2) is 7.65. The van der Waals surface area contributed by atoms with Crippen LogP contribution in [0.1, 0.15) is 29.0 Å². The van der Waals surface area contributed by atoms with E-state index in [0.717, 1.165) is 18.7 Å². The number of carbonyl (C=O) groups is 2. The average molecular weight is 360 g/mol. The van der Waals surface area contributed by atoms with E-state index in [4.69, 9.17) is 5.11 Å². The molecule has 1 aliphatic heterocycles. The number of carbonyl (C=O) groups excluding carboxylic acids is 1. The van der Waals surface area contributed by atoms with E-state index in [1.54, 1.807) is 23.1 Å². The second-order valence-corrected chi connectivity index (χ2v) is 6.39. The zero-order valence-corrected chi connectivity index (χ0v) is 14.5. The Morgan fingerprint density at radius 3 is 2.42 bits per heavy atom. The molecule has 3 rings (SSSR count). The van der Waals surface area contributed by atoms with Crippen LogP contribution in [0.5, 0.6) is 0 Å². The van der Waals surface area contributed by atoms with Gasteiger partial charge >= 0.3 is 5.97 Å². The molecule has 1 saturated heterocycles. The van der Waals surface area contributed by atoms with Gasteiger partial charge in [0.15, 0.2) is 0 Å². The van der Waals surface area contributed by atoms with Crippen molar-refractivity contribution in [2.75, 3.05) is 26.2 Å². The summed E-state index contributed by atoms with van der Waals surface area (Å²) in [5, 5.41) is 13.1. The minimum Gasteiger partial charge on any atom is -0.480 e. The molecular weight excluding hydrogens is 339 g/mol. The summed E-state index contributed by atoms with van der Waals surface area (Å²) in [4.78, 5) is 27.5. The Kier molecular flexibility index (Phi) is 5.32. The van der Waals surface area contributed by atoms with Crippen molar-refractivity contribution >= 4 is 11.9 Å². The van der Waals surface area contributed by atoms with Gasteiger partial charge < -0.3 is 10.0 Å². The van der Waals surface area contributed by atoms with Gasteiger partial charge in [-0.15, -0.1) is 0 Å². The highest BCUT2D eigenvalue weighted by molar-refractivity contribution is 5.92. The van der Waals surface area contributed by atoms with Crippen LogP contribution in [0.25, 0.3) is 0 Å². The lowest BCUT2D eigenvalue weighted by Gasteiger charge is -2.34. The van der Waals surface area contributed by atoms with Crippen LogP contribution < -0.4 is 0 Å². The van der Waals surface area contributed by atoms with E-state index in [9.17, 15) is 14.0 Å². The van der Waals surface area contributed by atoms with Crippen LogP contribution in [-0.4, -0.2) is 62.7 Å². The fourth-order valence-electron chi connectivity index (χ4n) is 2.90. The first-order valence-corrected chi connectivity index (χ1v) is 8.48. The van der Waals surface area contributed by atoms with Gasteiger partial charge in [-0.2, -0.15) is 5.10 Å². The number of amides is 1. The molecule has 0 aliphatic carbocycles. The smallest absolute Gasteiger partial charge is 0.328 e. The first-order chi connectivity index (χ1) is 12.4. The van der Waals surface area contributed by atoms with Gasteiger partial charge in [0.05, 0.1) is 0 Å². The maximum absolute atomic E-state index is 13.0. The molecule has 0 saturated carbocycles. The average Bonchev–Trinajstić information content (AvgIpc) is 3.13. The minimum atomic E-state index is -0.999. The van der Waals surface area contributed by atoms with Crippen molar-refractivity contribution in [2.24, 2.45) is 0 Å². The summed E-state index contributed by atoms with van der Waals surface area (Å²) in [5.74, 6) is -1.44. The number of aliphatic carboxylic acids is 1. The van der Waals surface area contributed by atoms with Crippen molar-refractivity contribution in [3.63, 3.8) is 0 Å². The lowest BCUT2D eigenvalue weighted by Crippen LogP contribution is -2.48. The molecule has 0 bridgehead atoms. The summed E-state index contributed by atoms with van der Waals surface area (Å²) in [6, 6.07) is 7.16. The minimum absolute atomic E-state index is 0.192. The zero-order valence-electron chi connectivity index (χ0n) is 14.5. The number of hydrogen-bond acceptors (Lipinski definition) is 4. The Labute approximate surface area is 150 Å². The van der Waals surface area contributed by atoms with Crippen LogP contribution in [0.4, 0.5) is 4.39 Å². The van der Waals surface area contributed by atoms with Crippen molar-refractivity contribution < 1.29 is 19.1 Å². The van der Waals surface area contributed by atoms with E-state index < -0.39 is 12.0 Å². The van der Waals surface area contributed by atoms with E-state index in [-0.39, 0.29) is 17.4 Å². The number of carboxylic acids is 1. The third-order valence-corrected chi connectivity index (χ3v) is 4.56. The van der Waals surface area contributed by atoms with Crippen LogP contribution in [0.15, 0.2) is 36.5 Å². The summed E-state index contributed by atoms with van der Waals surface area (Å²) in [6.45, 7) is 4.80. The van der Waals surface area contributed by atoms with E-state index in [2.05, 4.69) is 10.00 Å². The quantitative estimate of drug-likeness (QED) is 0.877. The molecule has 1 N–H and O–H groups in total. The van der Waals surface area contributed by atoms with E-state index in [1.165, 1.54) is 29.9 Å². The molecular formula is C18H21FN4O3. The predicted octanol–water partition coefficient (Wildman–Crippen LogP) is 1.63. The number of halogens is 1. The predicted molar refractivity (Wildman–Crippen MR) is 92.2 cm³/mol. The highest BCUT2D eigenvalue weighted by Gasteiger charge is 2.24. The van der Waals surface area contributed by atoms with Crippen LogP contribution in [0.3, 0.4) is 0 Å². The standard InChI is InChI=1S/C18H21FN4O3/c1-13(18(25)26)23-7-6-16(20-23)17(24)22-10-8-21(9-11-22)12-14-2-4-15(19)5-3-14/h2-7,13H,8-12H2,1H3,(H,25,26). The number of aromatic nitrogens is 2. The Bertz CT molecular complexity index is 782. The molecule has 1 aromatic carbocycles. The van der Waals surface area contributed by atoms with Gasteiger partial charge in [0.2, 0.25) is 0 Å². The second-order valence-electron chi connectivity index (χ2n) is 6.39. The summed E-state index contributed by atoms with van der Waals surface area (Å²) >= 11 is 0. The molecule has 1 aliphatic rings. The summed E-state index contributed by atoms with van der Waals surface area (Å²) in [5.41, 5.74) is 1.29. The van der Waals surface area contributed by atoms with Gasteiger partial charge in [-0.25, -0.2) is 9.18 Å². The molecule has 138 valence electrons. The highest BCUT2D eigenvalue weighted by Crippen LogP contribution is 2.13. The molecule has 26 heavy (non-hydrogen) atoms. The lowest BCUT2D eigenvalue weighted by atomic mass is 10.2. The zero-order chi connectivity index (χ0) is 18.7. The Balaban J connectivity index is 1.55. The number of benzene rings is 1. The fourth-order valence-corrected chi connectivity index (χ4v) is 2.90. The molecule has 1 amide bonds. The van der Waals surface area contributed by atoms with Crippen LogP contribution >= 0.6 is 0 Å². The van der Waals surface area contributed by atoms with Crippen molar-refractivity contribution in [3.05, 3.63) is 53.6 Å². The third kappa shape index (κ3) is 4.08. The molecule has 2 aromatic rings. The van der Waals surface area contributed by atoms with Crippen molar-refractivity contribution in [1.82, 2.24) is 19.6 Å². The Morgan fingerprint density at radius 2 is 1.81 bits per heavy atom. The molecule has 1 unspecified atom stereocenters. The number of rotatable bonds is 5. The fraction of sp³-hybridized carbons (Fsp3) is 0.389. The van der Waals surface area contributed by atoms with E-state index in [0.29, 0.717) is 19.6 Å². The molecule has 1 aromatic heterocycles. The van der Waals surface area contributed by atoms with Crippen molar-refractivity contribution in [1.29, 1.82) is 0 Å². The van der Waals surface area contributed by atoms with Gasteiger partial charge in [0, 0.05) is 38.9 Å². The number of piperazine rings is 1. The SMILES string of the molecule is CC(C(=O)O)n1ccc(C(=O)N2CCN(Cc3ccc(F)cc3)CC2)n1.